The van der Waals surface area contributed by atoms with Crippen LogP contribution in [0, 0.1) is 5.92 Å². The van der Waals surface area contributed by atoms with E-state index in [1.54, 1.807) is 13.8 Å². The second kappa shape index (κ2) is 5.70. The maximum atomic E-state index is 12.3. The Kier molecular flexibility index (Phi) is 5.59. The molecule has 2 N–H and O–H groups in total. The molecule has 0 aliphatic rings. The van der Waals surface area contributed by atoms with Gasteiger partial charge in [0, 0.05) is 18.6 Å². The zero-order valence-electron chi connectivity index (χ0n) is 9.80. The Morgan fingerprint density at radius 2 is 1.60 bits per heavy atom. The summed E-state index contributed by atoms with van der Waals surface area (Å²) >= 11 is 0. The molecule has 2 nitrogen and oxygen atoms in total. The second-order valence-corrected chi connectivity index (χ2v) is 4.43. The summed E-state index contributed by atoms with van der Waals surface area (Å²) in [5.41, 5.74) is 5.52. The monoisotopic (exact) mass is 226 g/mol. The minimum Gasteiger partial charge on any atom is -0.329 e. The lowest BCUT2D eigenvalue weighted by molar-refractivity contribution is -0.156. The largest absolute Gasteiger partial charge is 0.401 e. The lowest BCUT2D eigenvalue weighted by atomic mass is 10.0. The van der Waals surface area contributed by atoms with Gasteiger partial charge < -0.3 is 5.73 Å². The molecule has 0 aliphatic carbocycles. The second-order valence-electron chi connectivity index (χ2n) is 4.43. The average molecular weight is 226 g/mol. The molecule has 0 aromatic carbocycles. The van der Waals surface area contributed by atoms with Crippen LogP contribution in [0.15, 0.2) is 0 Å². The van der Waals surface area contributed by atoms with Crippen molar-refractivity contribution in [2.24, 2.45) is 11.7 Å². The van der Waals surface area contributed by atoms with E-state index in [2.05, 4.69) is 0 Å². The molecular weight excluding hydrogens is 205 g/mol. The topological polar surface area (TPSA) is 29.3 Å². The lowest BCUT2D eigenvalue weighted by Crippen LogP contribution is -2.51. The third-order valence-electron chi connectivity index (χ3n) is 2.46. The molecule has 0 amide bonds. The molecule has 0 aromatic rings. The molecule has 0 fully saturated rings. The molecule has 0 bridgehead atoms. The minimum absolute atomic E-state index is 0.125. The van der Waals surface area contributed by atoms with E-state index in [1.165, 1.54) is 4.90 Å². The fourth-order valence-corrected chi connectivity index (χ4v) is 1.68. The highest BCUT2D eigenvalue weighted by Gasteiger charge is 2.35. The fourth-order valence-electron chi connectivity index (χ4n) is 1.68. The van der Waals surface area contributed by atoms with Crippen LogP contribution in [0.1, 0.15) is 27.7 Å². The molecule has 1 atom stereocenters. The van der Waals surface area contributed by atoms with Crippen molar-refractivity contribution in [3.63, 3.8) is 0 Å². The number of rotatable bonds is 5. The standard InChI is InChI=1S/C10H21F3N2/c1-7(2)9(5-14)15(8(3)4)6-10(11,12)13/h7-9H,5-6,14H2,1-4H3. The number of nitrogens with two attached hydrogens (primary N) is 1. The zero-order valence-corrected chi connectivity index (χ0v) is 9.80. The third-order valence-corrected chi connectivity index (χ3v) is 2.46. The van der Waals surface area contributed by atoms with Gasteiger partial charge in [-0.2, -0.15) is 13.2 Å². The molecule has 0 aromatic heterocycles. The average Bonchev–Trinajstić information content (AvgIpc) is 2.00. The van der Waals surface area contributed by atoms with Crippen LogP contribution in [-0.4, -0.2) is 36.2 Å². The van der Waals surface area contributed by atoms with Gasteiger partial charge in [-0.1, -0.05) is 13.8 Å². The zero-order chi connectivity index (χ0) is 12.2. The Morgan fingerprint density at radius 1 is 1.13 bits per heavy atom. The van der Waals surface area contributed by atoms with Gasteiger partial charge in [-0.3, -0.25) is 4.90 Å². The molecular formula is C10H21F3N2. The van der Waals surface area contributed by atoms with E-state index in [4.69, 9.17) is 5.73 Å². The molecule has 0 heterocycles. The number of alkyl halides is 3. The highest BCUT2D eigenvalue weighted by Crippen LogP contribution is 2.22. The Morgan fingerprint density at radius 3 is 1.80 bits per heavy atom. The van der Waals surface area contributed by atoms with E-state index in [1.807, 2.05) is 13.8 Å². The van der Waals surface area contributed by atoms with Crippen LogP contribution in [0.2, 0.25) is 0 Å². The van der Waals surface area contributed by atoms with Crippen molar-refractivity contribution < 1.29 is 13.2 Å². The van der Waals surface area contributed by atoms with Gasteiger partial charge in [-0.25, -0.2) is 0 Å². The van der Waals surface area contributed by atoms with Crippen molar-refractivity contribution >= 4 is 0 Å². The minimum atomic E-state index is -4.16. The molecule has 0 aliphatic heterocycles. The highest BCUT2D eigenvalue weighted by atomic mass is 19.4. The van der Waals surface area contributed by atoms with Crippen molar-refractivity contribution in [3.05, 3.63) is 0 Å². The predicted octanol–water partition coefficient (Wildman–Crippen LogP) is 2.24. The van der Waals surface area contributed by atoms with Gasteiger partial charge in [-0.15, -0.1) is 0 Å². The van der Waals surface area contributed by atoms with Gasteiger partial charge in [0.2, 0.25) is 0 Å². The van der Waals surface area contributed by atoms with Gasteiger partial charge >= 0.3 is 6.18 Å². The Bertz CT molecular complexity index is 178. The summed E-state index contributed by atoms with van der Waals surface area (Å²) in [7, 11) is 0. The first-order chi connectivity index (χ1) is 6.69. The van der Waals surface area contributed by atoms with E-state index >= 15 is 0 Å². The van der Waals surface area contributed by atoms with Gasteiger partial charge in [0.05, 0.1) is 6.54 Å². The Balaban J connectivity index is 4.64. The normalized spacial score (nSPS) is 15.4. The number of hydrogen-bond donors (Lipinski definition) is 1. The van der Waals surface area contributed by atoms with Crippen LogP contribution in [0.5, 0.6) is 0 Å². The van der Waals surface area contributed by atoms with Crippen molar-refractivity contribution in [1.82, 2.24) is 4.90 Å². The summed E-state index contributed by atoms with van der Waals surface area (Å²) in [4.78, 5) is 1.42. The predicted molar refractivity (Wildman–Crippen MR) is 55.6 cm³/mol. The van der Waals surface area contributed by atoms with Crippen molar-refractivity contribution in [1.29, 1.82) is 0 Å². The van der Waals surface area contributed by atoms with E-state index in [9.17, 15) is 13.2 Å². The number of hydrogen-bond acceptors (Lipinski definition) is 2. The molecule has 0 rings (SSSR count). The molecule has 0 saturated heterocycles. The quantitative estimate of drug-likeness (QED) is 0.779. The van der Waals surface area contributed by atoms with Gasteiger partial charge in [0.15, 0.2) is 0 Å². The summed E-state index contributed by atoms with van der Waals surface area (Å²) in [5, 5.41) is 0. The van der Waals surface area contributed by atoms with Crippen molar-refractivity contribution in [3.8, 4) is 0 Å². The molecule has 1 unspecified atom stereocenters. The molecule has 0 spiro atoms. The molecule has 5 heteroatoms. The van der Waals surface area contributed by atoms with Crippen LogP contribution in [0.4, 0.5) is 13.2 Å². The molecule has 0 saturated carbocycles. The van der Waals surface area contributed by atoms with E-state index < -0.39 is 12.7 Å². The van der Waals surface area contributed by atoms with Crippen molar-refractivity contribution in [2.75, 3.05) is 13.1 Å². The van der Waals surface area contributed by atoms with Crippen LogP contribution in [0.25, 0.3) is 0 Å². The maximum absolute atomic E-state index is 12.3. The van der Waals surface area contributed by atoms with Crippen LogP contribution in [0.3, 0.4) is 0 Å². The fraction of sp³-hybridized carbons (Fsp3) is 1.00. The van der Waals surface area contributed by atoms with Gasteiger partial charge in [-0.05, 0) is 19.8 Å². The summed E-state index contributed by atoms with van der Waals surface area (Å²) in [6, 6.07) is -0.366. The highest BCUT2D eigenvalue weighted by molar-refractivity contribution is 4.80. The Hall–Kier alpha value is -0.290. The van der Waals surface area contributed by atoms with Crippen LogP contribution < -0.4 is 5.73 Å². The smallest absolute Gasteiger partial charge is 0.329 e. The number of halogens is 3. The van der Waals surface area contributed by atoms with Gasteiger partial charge in [0.1, 0.15) is 0 Å². The summed E-state index contributed by atoms with van der Waals surface area (Å²) in [6.07, 6.45) is -4.16. The van der Waals surface area contributed by atoms with E-state index in [0.717, 1.165) is 0 Å². The lowest BCUT2D eigenvalue weighted by Gasteiger charge is -2.37. The van der Waals surface area contributed by atoms with Crippen LogP contribution >= 0.6 is 0 Å². The molecule has 0 radical (unpaired) electrons. The summed E-state index contributed by atoms with van der Waals surface area (Å²) in [5.74, 6) is 0.125. The van der Waals surface area contributed by atoms with Gasteiger partial charge in [0.25, 0.3) is 0 Å². The molecule has 92 valence electrons. The first-order valence-corrected chi connectivity index (χ1v) is 5.21. The van der Waals surface area contributed by atoms with Crippen LogP contribution in [-0.2, 0) is 0 Å². The van der Waals surface area contributed by atoms with E-state index in [0.29, 0.717) is 0 Å². The summed E-state index contributed by atoms with van der Waals surface area (Å²) in [6.45, 7) is 6.68. The third kappa shape index (κ3) is 5.37. The number of nitrogens with zero attached hydrogens (tertiary/aromatic N) is 1. The Labute approximate surface area is 89.6 Å². The van der Waals surface area contributed by atoms with E-state index in [-0.39, 0.29) is 24.5 Å². The van der Waals surface area contributed by atoms with Crippen molar-refractivity contribution in [2.45, 2.75) is 46.0 Å². The SMILES string of the molecule is CC(C)C(CN)N(CC(F)(F)F)C(C)C. The first-order valence-electron chi connectivity index (χ1n) is 5.21. The first kappa shape index (κ1) is 14.7. The molecule has 15 heavy (non-hydrogen) atoms. The maximum Gasteiger partial charge on any atom is 0.401 e. The summed E-state index contributed by atoms with van der Waals surface area (Å²) < 4.78 is 37.0.